The normalized spacial score (nSPS) is 23.0. The third kappa shape index (κ3) is 4.07. The Labute approximate surface area is 127 Å². The number of anilines is 1. The summed E-state index contributed by atoms with van der Waals surface area (Å²) in [6.07, 6.45) is -4.43. The number of nitrogens with zero attached hydrogens (tertiary/aromatic N) is 1. The number of thiocarbonyl (C=S) groups is 1. The second-order valence-electron chi connectivity index (χ2n) is 5.14. The molecule has 1 aromatic carbocycles. The Hall–Kier alpha value is -1.34. The number of para-hydroxylation sites is 1. The van der Waals surface area contributed by atoms with Crippen LogP contribution in [0.1, 0.15) is 19.4 Å². The zero-order chi connectivity index (χ0) is 15.6. The SMILES string of the molecule is C[C@@H]1CN(C(=S)Nc2ccccc2C(F)(F)F)C[C@@H](C)O1. The number of benzene rings is 1. The lowest BCUT2D eigenvalue weighted by Gasteiger charge is -2.37. The molecule has 1 saturated heterocycles. The smallest absolute Gasteiger partial charge is 0.372 e. The quantitative estimate of drug-likeness (QED) is 0.801. The van der Waals surface area contributed by atoms with E-state index in [-0.39, 0.29) is 23.0 Å². The molecule has 1 aromatic rings. The molecule has 7 heteroatoms. The summed E-state index contributed by atoms with van der Waals surface area (Å²) in [5.41, 5.74) is -0.747. The Morgan fingerprint density at radius 1 is 1.24 bits per heavy atom. The summed E-state index contributed by atoms with van der Waals surface area (Å²) in [5, 5.41) is 3.00. The van der Waals surface area contributed by atoms with E-state index in [4.69, 9.17) is 17.0 Å². The molecule has 0 spiro atoms. The van der Waals surface area contributed by atoms with Gasteiger partial charge in [-0.05, 0) is 38.2 Å². The maximum Gasteiger partial charge on any atom is 0.418 e. The molecule has 21 heavy (non-hydrogen) atoms. The number of morpholine rings is 1. The minimum atomic E-state index is -4.41. The number of hydrogen-bond donors (Lipinski definition) is 1. The van der Waals surface area contributed by atoms with E-state index < -0.39 is 11.7 Å². The van der Waals surface area contributed by atoms with E-state index in [2.05, 4.69) is 5.32 Å². The van der Waals surface area contributed by atoms with Crippen LogP contribution in [0, 0.1) is 0 Å². The van der Waals surface area contributed by atoms with Crippen molar-refractivity contribution in [1.82, 2.24) is 4.90 Å². The first-order valence-corrected chi connectivity index (χ1v) is 7.06. The third-order valence-corrected chi connectivity index (χ3v) is 3.54. The molecule has 0 aromatic heterocycles. The average molecular weight is 318 g/mol. The number of nitrogens with one attached hydrogen (secondary N) is 1. The zero-order valence-electron chi connectivity index (χ0n) is 11.8. The largest absolute Gasteiger partial charge is 0.418 e. The van der Waals surface area contributed by atoms with Gasteiger partial charge in [0, 0.05) is 13.1 Å². The summed E-state index contributed by atoms with van der Waals surface area (Å²) < 4.78 is 44.4. The van der Waals surface area contributed by atoms with Gasteiger partial charge in [-0.3, -0.25) is 0 Å². The Kier molecular flexibility index (Phi) is 4.73. The van der Waals surface area contributed by atoms with E-state index in [1.807, 2.05) is 18.7 Å². The lowest BCUT2D eigenvalue weighted by atomic mass is 10.1. The zero-order valence-corrected chi connectivity index (χ0v) is 12.6. The lowest BCUT2D eigenvalue weighted by molar-refractivity contribution is -0.136. The average Bonchev–Trinajstić information content (AvgIpc) is 2.37. The van der Waals surface area contributed by atoms with Gasteiger partial charge in [-0.15, -0.1) is 0 Å². The molecule has 0 saturated carbocycles. The molecular weight excluding hydrogens is 301 g/mol. The molecule has 1 aliphatic heterocycles. The molecule has 116 valence electrons. The van der Waals surface area contributed by atoms with Gasteiger partial charge in [0.15, 0.2) is 5.11 Å². The van der Waals surface area contributed by atoms with Crippen LogP contribution in [0.5, 0.6) is 0 Å². The molecule has 0 aliphatic carbocycles. The number of alkyl halides is 3. The Bertz CT molecular complexity index is 511. The maximum absolute atomic E-state index is 12.9. The Morgan fingerprint density at radius 2 is 1.81 bits per heavy atom. The van der Waals surface area contributed by atoms with Crippen LogP contribution >= 0.6 is 12.2 Å². The van der Waals surface area contributed by atoms with Crippen LogP contribution in [0.25, 0.3) is 0 Å². The lowest BCUT2D eigenvalue weighted by Crippen LogP contribution is -2.49. The van der Waals surface area contributed by atoms with Crippen LogP contribution in [-0.4, -0.2) is 35.3 Å². The summed E-state index contributed by atoms with van der Waals surface area (Å²) in [6.45, 7) is 4.94. The predicted molar refractivity (Wildman–Crippen MR) is 79.2 cm³/mol. The summed E-state index contributed by atoms with van der Waals surface area (Å²) in [5.74, 6) is 0. The van der Waals surface area contributed by atoms with Crippen LogP contribution in [-0.2, 0) is 10.9 Å². The van der Waals surface area contributed by atoms with Crippen LogP contribution in [0.4, 0.5) is 18.9 Å². The van der Waals surface area contributed by atoms with Crippen molar-refractivity contribution >= 4 is 23.0 Å². The molecule has 1 aliphatic rings. The van der Waals surface area contributed by atoms with Crippen molar-refractivity contribution in [2.24, 2.45) is 0 Å². The van der Waals surface area contributed by atoms with E-state index in [1.165, 1.54) is 12.1 Å². The van der Waals surface area contributed by atoms with Gasteiger partial charge in [0.05, 0.1) is 23.5 Å². The second-order valence-corrected chi connectivity index (χ2v) is 5.52. The van der Waals surface area contributed by atoms with Crippen molar-refractivity contribution in [3.05, 3.63) is 29.8 Å². The summed E-state index contributed by atoms with van der Waals surface area (Å²) >= 11 is 5.24. The predicted octanol–water partition coefficient (Wildman–Crippen LogP) is 3.51. The van der Waals surface area contributed by atoms with Crippen LogP contribution < -0.4 is 5.32 Å². The summed E-state index contributed by atoms with van der Waals surface area (Å²) in [4.78, 5) is 1.83. The standard InChI is InChI=1S/C14H17F3N2OS/c1-9-7-19(8-10(2)20-9)13(21)18-12-6-4-3-5-11(12)14(15,16)17/h3-6,9-10H,7-8H2,1-2H3,(H,18,21)/t9-,10-/m1/s1. The Balaban J connectivity index is 2.13. The van der Waals surface area contributed by atoms with E-state index >= 15 is 0 Å². The number of halogens is 3. The van der Waals surface area contributed by atoms with Gasteiger partial charge in [0.25, 0.3) is 0 Å². The monoisotopic (exact) mass is 318 g/mol. The molecule has 0 bridgehead atoms. The van der Waals surface area contributed by atoms with Crippen LogP contribution in [0.15, 0.2) is 24.3 Å². The first kappa shape index (κ1) is 16.0. The van der Waals surface area contributed by atoms with Gasteiger partial charge in [-0.25, -0.2) is 0 Å². The first-order valence-electron chi connectivity index (χ1n) is 6.65. The van der Waals surface area contributed by atoms with Crippen molar-refractivity contribution in [3.8, 4) is 0 Å². The van der Waals surface area contributed by atoms with E-state index in [9.17, 15) is 13.2 Å². The highest BCUT2D eigenvalue weighted by atomic mass is 32.1. The van der Waals surface area contributed by atoms with E-state index in [0.717, 1.165) is 6.07 Å². The number of hydrogen-bond acceptors (Lipinski definition) is 2. The molecule has 2 rings (SSSR count). The molecular formula is C14H17F3N2OS. The fourth-order valence-electron chi connectivity index (χ4n) is 2.38. The highest BCUT2D eigenvalue weighted by molar-refractivity contribution is 7.80. The van der Waals surface area contributed by atoms with Gasteiger partial charge in [-0.2, -0.15) is 13.2 Å². The van der Waals surface area contributed by atoms with Crippen molar-refractivity contribution < 1.29 is 17.9 Å². The van der Waals surface area contributed by atoms with Crippen LogP contribution in [0.3, 0.4) is 0 Å². The topological polar surface area (TPSA) is 24.5 Å². The Morgan fingerprint density at radius 3 is 2.38 bits per heavy atom. The van der Waals surface area contributed by atoms with Gasteiger partial charge in [0.1, 0.15) is 0 Å². The second kappa shape index (κ2) is 6.19. The molecule has 1 N–H and O–H groups in total. The minimum absolute atomic E-state index is 0.00800. The van der Waals surface area contributed by atoms with E-state index in [1.54, 1.807) is 6.07 Å². The fraction of sp³-hybridized carbons (Fsp3) is 0.500. The van der Waals surface area contributed by atoms with Crippen molar-refractivity contribution in [2.45, 2.75) is 32.2 Å². The van der Waals surface area contributed by atoms with Gasteiger partial charge < -0.3 is 15.0 Å². The first-order chi connectivity index (χ1) is 9.77. The van der Waals surface area contributed by atoms with Crippen molar-refractivity contribution in [2.75, 3.05) is 18.4 Å². The highest BCUT2D eigenvalue weighted by Crippen LogP contribution is 2.34. The highest BCUT2D eigenvalue weighted by Gasteiger charge is 2.34. The molecule has 0 radical (unpaired) electrons. The van der Waals surface area contributed by atoms with Gasteiger partial charge in [0.2, 0.25) is 0 Å². The van der Waals surface area contributed by atoms with Gasteiger partial charge >= 0.3 is 6.18 Å². The van der Waals surface area contributed by atoms with Gasteiger partial charge in [-0.1, -0.05) is 12.1 Å². The number of rotatable bonds is 1. The van der Waals surface area contributed by atoms with Crippen molar-refractivity contribution in [3.63, 3.8) is 0 Å². The molecule has 1 fully saturated rings. The van der Waals surface area contributed by atoms with Crippen molar-refractivity contribution in [1.29, 1.82) is 0 Å². The summed E-state index contributed by atoms with van der Waals surface area (Å²) in [6, 6.07) is 5.32. The molecule has 1 heterocycles. The molecule has 2 atom stereocenters. The summed E-state index contributed by atoms with van der Waals surface area (Å²) in [7, 11) is 0. The number of ether oxygens (including phenoxy) is 1. The molecule has 0 amide bonds. The van der Waals surface area contributed by atoms with Crippen LogP contribution in [0.2, 0.25) is 0 Å². The maximum atomic E-state index is 12.9. The van der Waals surface area contributed by atoms with E-state index in [0.29, 0.717) is 13.1 Å². The molecule has 3 nitrogen and oxygen atoms in total. The third-order valence-electron chi connectivity index (χ3n) is 3.18. The minimum Gasteiger partial charge on any atom is -0.372 e. The molecule has 0 unspecified atom stereocenters. The fourth-order valence-corrected chi connectivity index (χ4v) is 2.64.